The maximum absolute atomic E-state index is 10.1. The number of hydrogen-bond acceptors (Lipinski definition) is 4. The normalized spacial score (nSPS) is 12.9. The zero-order valence-electron chi connectivity index (χ0n) is 9.42. The van der Waals surface area contributed by atoms with E-state index in [1.807, 2.05) is 23.8 Å². The lowest BCUT2D eigenvalue weighted by molar-refractivity contribution is 0.169. The number of aryl methyl sites for hydroxylation is 2. The molecular formula is C11H15N3OS. The van der Waals surface area contributed by atoms with Crippen molar-refractivity contribution in [2.75, 3.05) is 0 Å². The molecule has 0 radical (unpaired) electrons. The molecule has 2 heterocycles. The van der Waals surface area contributed by atoms with Crippen molar-refractivity contribution in [2.24, 2.45) is 0 Å². The van der Waals surface area contributed by atoms with Crippen molar-refractivity contribution in [2.45, 2.75) is 32.9 Å². The third kappa shape index (κ3) is 2.31. The molecule has 86 valence electrons. The molecule has 0 saturated carbocycles. The van der Waals surface area contributed by atoms with Gasteiger partial charge in [0.05, 0.1) is 23.2 Å². The molecule has 0 aliphatic carbocycles. The van der Waals surface area contributed by atoms with Crippen molar-refractivity contribution in [3.05, 3.63) is 34.3 Å². The second kappa shape index (κ2) is 4.76. The van der Waals surface area contributed by atoms with Gasteiger partial charge in [0.15, 0.2) is 0 Å². The van der Waals surface area contributed by atoms with E-state index in [2.05, 4.69) is 9.97 Å². The van der Waals surface area contributed by atoms with Gasteiger partial charge in [0, 0.05) is 24.0 Å². The van der Waals surface area contributed by atoms with E-state index >= 15 is 0 Å². The van der Waals surface area contributed by atoms with Gasteiger partial charge in [-0.25, -0.2) is 9.97 Å². The number of hydrogen-bond donors (Lipinski definition) is 1. The van der Waals surface area contributed by atoms with Gasteiger partial charge in [0.2, 0.25) is 0 Å². The SMILES string of the molecule is CCn1cncc1C(O)Cc1nc(C)cs1. The first-order valence-corrected chi connectivity index (χ1v) is 6.17. The largest absolute Gasteiger partial charge is 0.386 e. The van der Waals surface area contributed by atoms with Crippen LogP contribution in [-0.2, 0) is 13.0 Å². The summed E-state index contributed by atoms with van der Waals surface area (Å²) in [6.07, 6.45) is 3.50. The summed E-state index contributed by atoms with van der Waals surface area (Å²) in [7, 11) is 0. The highest BCUT2D eigenvalue weighted by Crippen LogP contribution is 2.20. The molecule has 16 heavy (non-hydrogen) atoms. The van der Waals surface area contributed by atoms with Gasteiger partial charge >= 0.3 is 0 Å². The first kappa shape index (κ1) is 11.3. The number of rotatable bonds is 4. The van der Waals surface area contributed by atoms with Crippen LogP contribution in [0.1, 0.15) is 29.4 Å². The molecule has 0 fully saturated rings. The van der Waals surface area contributed by atoms with Crippen molar-refractivity contribution in [1.82, 2.24) is 14.5 Å². The molecule has 4 nitrogen and oxygen atoms in total. The predicted molar refractivity (Wildman–Crippen MR) is 63.4 cm³/mol. The van der Waals surface area contributed by atoms with E-state index in [0.717, 1.165) is 22.9 Å². The summed E-state index contributed by atoms with van der Waals surface area (Å²) >= 11 is 1.59. The molecule has 0 aromatic carbocycles. The van der Waals surface area contributed by atoms with Crippen LogP contribution < -0.4 is 0 Å². The fourth-order valence-electron chi connectivity index (χ4n) is 1.64. The summed E-state index contributed by atoms with van der Waals surface area (Å²) in [6.45, 7) is 4.82. The van der Waals surface area contributed by atoms with Crippen molar-refractivity contribution >= 4 is 11.3 Å². The van der Waals surface area contributed by atoms with Crippen LogP contribution in [-0.4, -0.2) is 19.6 Å². The zero-order valence-corrected chi connectivity index (χ0v) is 10.2. The van der Waals surface area contributed by atoms with Gasteiger partial charge in [-0.2, -0.15) is 0 Å². The summed E-state index contributed by atoms with van der Waals surface area (Å²) in [5.41, 5.74) is 1.87. The molecule has 0 bridgehead atoms. The van der Waals surface area contributed by atoms with E-state index in [9.17, 15) is 5.11 Å². The quantitative estimate of drug-likeness (QED) is 0.884. The van der Waals surface area contributed by atoms with E-state index < -0.39 is 6.10 Å². The Morgan fingerprint density at radius 2 is 2.38 bits per heavy atom. The minimum Gasteiger partial charge on any atom is -0.386 e. The van der Waals surface area contributed by atoms with Crippen LogP contribution in [0.3, 0.4) is 0 Å². The highest BCUT2D eigenvalue weighted by Gasteiger charge is 2.14. The van der Waals surface area contributed by atoms with Gasteiger partial charge in [-0.3, -0.25) is 0 Å². The Morgan fingerprint density at radius 1 is 1.56 bits per heavy atom. The molecule has 5 heteroatoms. The summed E-state index contributed by atoms with van der Waals surface area (Å²) in [4.78, 5) is 8.39. The Balaban J connectivity index is 2.11. The van der Waals surface area contributed by atoms with E-state index in [0.29, 0.717) is 6.42 Å². The number of thiazole rings is 1. The van der Waals surface area contributed by atoms with Crippen LogP contribution in [0.15, 0.2) is 17.9 Å². The molecule has 0 spiro atoms. The maximum atomic E-state index is 10.1. The predicted octanol–water partition coefficient (Wildman–Crippen LogP) is 1.94. The Kier molecular flexibility index (Phi) is 3.36. The van der Waals surface area contributed by atoms with Gasteiger partial charge in [-0.1, -0.05) is 0 Å². The molecule has 1 atom stereocenters. The Labute approximate surface area is 98.6 Å². The lowest BCUT2D eigenvalue weighted by Crippen LogP contribution is -2.08. The number of aliphatic hydroxyl groups is 1. The molecule has 2 aromatic heterocycles. The molecule has 2 rings (SSSR count). The maximum Gasteiger partial charge on any atom is 0.102 e. The highest BCUT2D eigenvalue weighted by atomic mass is 32.1. The molecule has 0 aliphatic rings. The topological polar surface area (TPSA) is 50.9 Å². The van der Waals surface area contributed by atoms with Crippen LogP contribution in [0.4, 0.5) is 0 Å². The molecule has 0 saturated heterocycles. The lowest BCUT2D eigenvalue weighted by atomic mass is 10.2. The van der Waals surface area contributed by atoms with Crippen molar-refractivity contribution in [3.8, 4) is 0 Å². The first-order valence-electron chi connectivity index (χ1n) is 5.29. The smallest absolute Gasteiger partial charge is 0.102 e. The Bertz CT molecular complexity index is 463. The summed E-state index contributed by atoms with van der Waals surface area (Å²) in [5, 5.41) is 13.1. The third-order valence-electron chi connectivity index (χ3n) is 2.46. The van der Waals surface area contributed by atoms with Crippen LogP contribution in [0.25, 0.3) is 0 Å². The Morgan fingerprint density at radius 3 is 3.00 bits per heavy atom. The van der Waals surface area contributed by atoms with Crippen molar-refractivity contribution in [3.63, 3.8) is 0 Å². The second-order valence-corrected chi connectivity index (χ2v) is 4.65. The number of imidazole rings is 1. The average molecular weight is 237 g/mol. The van der Waals surface area contributed by atoms with E-state index in [-0.39, 0.29) is 0 Å². The second-order valence-electron chi connectivity index (χ2n) is 3.71. The van der Waals surface area contributed by atoms with Gasteiger partial charge < -0.3 is 9.67 Å². The van der Waals surface area contributed by atoms with Gasteiger partial charge in [0.1, 0.15) is 6.10 Å². The van der Waals surface area contributed by atoms with E-state index in [1.54, 1.807) is 23.9 Å². The number of aliphatic hydroxyl groups excluding tert-OH is 1. The van der Waals surface area contributed by atoms with Gasteiger partial charge in [-0.15, -0.1) is 11.3 Å². The fourth-order valence-corrected chi connectivity index (χ4v) is 2.45. The minimum atomic E-state index is -0.520. The van der Waals surface area contributed by atoms with E-state index in [4.69, 9.17) is 0 Å². The monoisotopic (exact) mass is 237 g/mol. The van der Waals surface area contributed by atoms with Crippen molar-refractivity contribution in [1.29, 1.82) is 0 Å². The molecule has 1 unspecified atom stereocenters. The standard InChI is InChI=1S/C11H15N3OS/c1-3-14-7-12-5-9(14)10(15)4-11-13-8(2)6-16-11/h5-7,10,15H,3-4H2,1-2H3. The molecular weight excluding hydrogens is 222 g/mol. The highest BCUT2D eigenvalue weighted by molar-refractivity contribution is 7.09. The number of nitrogens with zero attached hydrogens (tertiary/aromatic N) is 3. The van der Waals surface area contributed by atoms with Gasteiger partial charge in [0.25, 0.3) is 0 Å². The van der Waals surface area contributed by atoms with Crippen LogP contribution >= 0.6 is 11.3 Å². The third-order valence-corrected chi connectivity index (χ3v) is 3.45. The fraction of sp³-hybridized carbons (Fsp3) is 0.455. The van der Waals surface area contributed by atoms with Crippen LogP contribution in [0.2, 0.25) is 0 Å². The first-order chi connectivity index (χ1) is 7.70. The van der Waals surface area contributed by atoms with E-state index in [1.165, 1.54) is 0 Å². The number of aromatic nitrogens is 3. The zero-order chi connectivity index (χ0) is 11.5. The van der Waals surface area contributed by atoms with Crippen LogP contribution in [0.5, 0.6) is 0 Å². The minimum absolute atomic E-state index is 0.520. The summed E-state index contributed by atoms with van der Waals surface area (Å²) < 4.78 is 1.95. The van der Waals surface area contributed by atoms with Crippen molar-refractivity contribution < 1.29 is 5.11 Å². The average Bonchev–Trinajstić information content (AvgIpc) is 2.86. The lowest BCUT2D eigenvalue weighted by Gasteiger charge is -2.10. The molecule has 1 N–H and O–H groups in total. The summed E-state index contributed by atoms with van der Waals surface area (Å²) in [5.74, 6) is 0. The van der Waals surface area contributed by atoms with Gasteiger partial charge in [-0.05, 0) is 13.8 Å². The summed E-state index contributed by atoms with van der Waals surface area (Å²) in [6, 6.07) is 0. The molecule has 0 amide bonds. The molecule has 0 aliphatic heterocycles. The van der Waals surface area contributed by atoms with Crippen LogP contribution in [0, 0.1) is 6.92 Å². The molecule has 2 aromatic rings. The Hall–Kier alpha value is -1.20.